The molecule has 0 spiro atoms. The van der Waals surface area contributed by atoms with E-state index in [1.54, 1.807) is 0 Å². The van der Waals surface area contributed by atoms with Crippen LogP contribution in [0.3, 0.4) is 0 Å². The highest BCUT2D eigenvalue weighted by Crippen LogP contribution is 2.59. The van der Waals surface area contributed by atoms with Gasteiger partial charge < -0.3 is 5.32 Å². The van der Waals surface area contributed by atoms with Gasteiger partial charge >= 0.3 is 0 Å². The molecule has 18 heavy (non-hydrogen) atoms. The molecule has 3 aliphatic carbocycles. The number of hydrogen-bond donors (Lipinski definition) is 1. The summed E-state index contributed by atoms with van der Waals surface area (Å²) in [5.74, 6) is 4.19. The summed E-state index contributed by atoms with van der Waals surface area (Å²) < 4.78 is 0. The molecule has 3 fully saturated rings. The van der Waals surface area contributed by atoms with Gasteiger partial charge in [0.15, 0.2) is 0 Å². The molecule has 0 heterocycles. The third-order valence-electron chi connectivity index (χ3n) is 5.83. The van der Waals surface area contributed by atoms with Crippen molar-refractivity contribution < 1.29 is 0 Å². The lowest BCUT2D eigenvalue weighted by Crippen LogP contribution is -2.33. The molecule has 1 N–H and O–H groups in total. The maximum Gasteiger partial charge on any atom is 0.0342 e. The van der Waals surface area contributed by atoms with E-state index in [1.165, 1.54) is 43.4 Å². The van der Waals surface area contributed by atoms with Crippen LogP contribution in [-0.4, -0.2) is 6.04 Å². The topological polar surface area (TPSA) is 12.0 Å². The highest BCUT2D eigenvalue weighted by Gasteiger charge is 2.53. The Hall–Kier alpha value is -0.980. The zero-order valence-electron chi connectivity index (χ0n) is 11.2. The fourth-order valence-corrected chi connectivity index (χ4v) is 5.10. The van der Waals surface area contributed by atoms with Crippen LogP contribution in [0.25, 0.3) is 0 Å². The Balaban J connectivity index is 1.49. The van der Waals surface area contributed by atoms with Gasteiger partial charge in [-0.25, -0.2) is 0 Å². The van der Waals surface area contributed by atoms with E-state index in [4.69, 9.17) is 0 Å². The van der Waals surface area contributed by atoms with Crippen molar-refractivity contribution in [2.45, 2.75) is 45.1 Å². The quantitative estimate of drug-likeness (QED) is 0.817. The molecule has 0 saturated heterocycles. The van der Waals surface area contributed by atoms with E-state index in [1.807, 2.05) is 0 Å². The van der Waals surface area contributed by atoms with Gasteiger partial charge in [-0.3, -0.25) is 0 Å². The van der Waals surface area contributed by atoms with Crippen LogP contribution in [0.5, 0.6) is 0 Å². The predicted octanol–water partition coefficient (Wildman–Crippen LogP) is 4.23. The first kappa shape index (κ1) is 10.9. The Morgan fingerprint density at radius 3 is 2.56 bits per heavy atom. The standard InChI is InChI=1S/C17H23N/c1-11-5-7-13(8-6-11)18-17-10-12-9-16(17)15-4-2-3-14(12)15/h5-8,12,14-18H,2-4,9-10H2,1H3. The highest BCUT2D eigenvalue weighted by molar-refractivity contribution is 5.46. The van der Waals surface area contributed by atoms with Gasteiger partial charge in [-0.1, -0.05) is 24.1 Å². The molecular formula is C17H23N. The maximum absolute atomic E-state index is 3.81. The summed E-state index contributed by atoms with van der Waals surface area (Å²) in [4.78, 5) is 0. The van der Waals surface area contributed by atoms with Gasteiger partial charge in [0.1, 0.15) is 0 Å². The van der Waals surface area contributed by atoms with E-state index < -0.39 is 0 Å². The molecule has 1 aromatic carbocycles. The van der Waals surface area contributed by atoms with Gasteiger partial charge in [0, 0.05) is 11.7 Å². The Bertz CT molecular complexity index is 435. The SMILES string of the molecule is Cc1ccc(NC2CC3CC2C2CCCC32)cc1. The number of nitrogens with one attached hydrogen (secondary N) is 1. The van der Waals surface area contributed by atoms with Crippen LogP contribution >= 0.6 is 0 Å². The Labute approximate surface area is 110 Å². The minimum atomic E-state index is 0.761. The van der Waals surface area contributed by atoms with Gasteiger partial charge in [-0.05, 0) is 68.4 Å². The lowest BCUT2D eigenvalue weighted by molar-refractivity contribution is 0.243. The molecule has 1 heteroatoms. The fourth-order valence-electron chi connectivity index (χ4n) is 5.10. The molecule has 3 aliphatic rings. The van der Waals surface area contributed by atoms with Crippen molar-refractivity contribution in [2.75, 3.05) is 5.32 Å². The first-order valence-electron chi connectivity index (χ1n) is 7.64. The van der Waals surface area contributed by atoms with E-state index in [-0.39, 0.29) is 0 Å². The zero-order valence-corrected chi connectivity index (χ0v) is 11.2. The van der Waals surface area contributed by atoms with E-state index >= 15 is 0 Å². The number of rotatable bonds is 2. The molecule has 4 rings (SSSR count). The fraction of sp³-hybridized carbons (Fsp3) is 0.647. The molecular weight excluding hydrogens is 218 g/mol. The second kappa shape index (κ2) is 4.01. The molecule has 2 bridgehead atoms. The average molecular weight is 241 g/mol. The van der Waals surface area contributed by atoms with Crippen molar-refractivity contribution in [3.05, 3.63) is 29.8 Å². The molecule has 1 nitrogen and oxygen atoms in total. The van der Waals surface area contributed by atoms with Crippen molar-refractivity contribution in [2.24, 2.45) is 23.7 Å². The zero-order chi connectivity index (χ0) is 12.1. The van der Waals surface area contributed by atoms with Gasteiger partial charge in [-0.15, -0.1) is 0 Å². The monoisotopic (exact) mass is 241 g/mol. The maximum atomic E-state index is 3.81. The second-order valence-electron chi connectivity index (χ2n) is 6.77. The van der Waals surface area contributed by atoms with Crippen LogP contribution in [0.2, 0.25) is 0 Å². The van der Waals surface area contributed by atoms with Crippen molar-refractivity contribution in [1.82, 2.24) is 0 Å². The molecule has 5 unspecified atom stereocenters. The summed E-state index contributed by atoms with van der Waals surface area (Å²) in [5, 5.41) is 3.81. The number of fused-ring (bicyclic) bond motifs is 5. The molecule has 0 aliphatic heterocycles. The van der Waals surface area contributed by atoms with Crippen molar-refractivity contribution in [3.8, 4) is 0 Å². The van der Waals surface area contributed by atoms with E-state index in [0.29, 0.717) is 0 Å². The summed E-state index contributed by atoms with van der Waals surface area (Å²) in [6.07, 6.45) is 7.49. The molecule has 1 aromatic rings. The lowest BCUT2D eigenvalue weighted by atomic mass is 9.79. The summed E-state index contributed by atoms with van der Waals surface area (Å²) >= 11 is 0. The first-order valence-corrected chi connectivity index (χ1v) is 7.64. The van der Waals surface area contributed by atoms with Crippen LogP contribution in [0.1, 0.15) is 37.7 Å². The second-order valence-corrected chi connectivity index (χ2v) is 6.77. The highest BCUT2D eigenvalue weighted by atomic mass is 14.9. The third kappa shape index (κ3) is 1.60. The number of anilines is 1. The summed E-state index contributed by atoms with van der Waals surface area (Å²) in [7, 11) is 0. The molecule has 0 amide bonds. The largest absolute Gasteiger partial charge is 0.382 e. The van der Waals surface area contributed by atoms with Crippen LogP contribution in [0.4, 0.5) is 5.69 Å². The van der Waals surface area contributed by atoms with Crippen molar-refractivity contribution >= 4 is 5.69 Å². The minimum absolute atomic E-state index is 0.761. The molecule has 96 valence electrons. The normalized spacial score (nSPS) is 41.1. The van der Waals surface area contributed by atoms with Gasteiger partial charge in [0.05, 0.1) is 0 Å². The smallest absolute Gasteiger partial charge is 0.0342 e. The van der Waals surface area contributed by atoms with Crippen LogP contribution in [-0.2, 0) is 0 Å². The number of benzene rings is 1. The van der Waals surface area contributed by atoms with E-state index in [2.05, 4.69) is 36.5 Å². The molecule has 0 aromatic heterocycles. The van der Waals surface area contributed by atoms with Gasteiger partial charge in [0.25, 0.3) is 0 Å². The number of hydrogen-bond acceptors (Lipinski definition) is 1. The summed E-state index contributed by atoms with van der Waals surface area (Å²) in [5.41, 5.74) is 2.68. The van der Waals surface area contributed by atoms with Crippen LogP contribution in [0.15, 0.2) is 24.3 Å². The predicted molar refractivity (Wildman–Crippen MR) is 75.6 cm³/mol. The molecule has 0 radical (unpaired) electrons. The van der Waals surface area contributed by atoms with Crippen LogP contribution in [0, 0.1) is 30.6 Å². The summed E-state index contributed by atoms with van der Waals surface area (Å²) in [6, 6.07) is 9.68. The van der Waals surface area contributed by atoms with Crippen molar-refractivity contribution in [1.29, 1.82) is 0 Å². The minimum Gasteiger partial charge on any atom is -0.382 e. The average Bonchev–Trinajstić information content (AvgIpc) is 3.03. The van der Waals surface area contributed by atoms with Gasteiger partial charge in [0.2, 0.25) is 0 Å². The molecule has 5 atom stereocenters. The lowest BCUT2D eigenvalue weighted by Gasteiger charge is -2.32. The third-order valence-corrected chi connectivity index (χ3v) is 5.83. The Morgan fingerprint density at radius 1 is 0.944 bits per heavy atom. The van der Waals surface area contributed by atoms with Crippen LogP contribution < -0.4 is 5.32 Å². The Morgan fingerprint density at radius 2 is 1.72 bits per heavy atom. The number of aryl methyl sites for hydroxylation is 1. The van der Waals surface area contributed by atoms with E-state index in [9.17, 15) is 0 Å². The summed E-state index contributed by atoms with van der Waals surface area (Å²) in [6.45, 7) is 2.16. The van der Waals surface area contributed by atoms with Crippen molar-refractivity contribution in [3.63, 3.8) is 0 Å². The Kier molecular flexibility index (Phi) is 2.43. The van der Waals surface area contributed by atoms with Gasteiger partial charge in [-0.2, -0.15) is 0 Å². The first-order chi connectivity index (χ1) is 8.81. The van der Waals surface area contributed by atoms with E-state index in [0.717, 1.165) is 29.7 Å². The molecule has 3 saturated carbocycles.